The van der Waals surface area contributed by atoms with E-state index in [1.165, 1.54) is 22.2 Å². The zero-order valence-corrected chi connectivity index (χ0v) is 10.6. The number of benzene rings is 1. The van der Waals surface area contributed by atoms with E-state index in [2.05, 4.69) is 50.6 Å². The maximum atomic E-state index is 4.70. The smallest absolute Gasteiger partial charge is 0.0728 e. The molecule has 1 aromatic carbocycles. The molecule has 1 aromatic heterocycles. The van der Waals surface area contributed by atoms with Crippen molar-refractivity contribution in [3.63, 3.8) is 0 Å². The molecule has 2 heteroatoms. The van der Waals surface area contributed by atoms with Gasteiger partial charge < -0.3 is 0 Å². The van der Waals surface area contributed by atoms with Crippen LogP contribution in [0.2, 0.25) is 0 Å². The molecule has 86 valence electrons. The molecular weight excluding hydrogens is 196 g/mol. The molecule has 1 heterocycles. The van der Waals surface area contributed by atoms with Crippen LogP contribution in [0.5, 0.6) is 0 Å². The molecule has 0 fully saturated rings. The van der Waals surface area contributed by atoms with Gasteiger partial charge in [0.15, 0.2) is 0 Å². The highest BCUT2D eigenvalue weighted by molar-refractivity contribution is 5.83. The monoisotopic (exact) mass is 216 g/mol. The van der Waals surface area contributed by atoms with Crippen LogP contribution >= 0.6 is 0 Å². The fraction of sp³-hybridized carbons (Fsp3) is 0.500. The lowest BCUT2D eigenvalue weighted by atomic mass is 10.0. The summed E-state index contributed by atoms with van der Waals surface area (Å²) in [6, 6.07) is 6.72. The van der Waals surface area contributed by atoms with Crippen LogP contribution < -0.4 is 0 Å². The van der Waals surface area contributed by atoms with E-state index in [0.717, 1.165) is 13.0 Å². The first kappa shape index (κ1) is 11.2. The first-order chi connectivity index (χ1) is 7.67. The van der Waals surface area contributed by atoms with Crippen molar-refractivity contribution in [1.82, 2.24) is 9.78 Å². The Hall–Kier alpha value is -1.31. The van der Waals surface area contributed by atoms with Crippen molar-refractivity contribution < 1.29 is 0 Å². The lowest BCUT2D eigenvalue weighted by molar-refractivity contribution is 0.654. The van der Waals surface area contributed by atoms with Crippen molar-refractivity contribution in [2.45, 2.75) is 46.6 Å². The number of nitrogens with zero attached hydrogens (tertiary/aromatic N) is 2. The highest BCUT2D eigenvalue weighted by Gasteiger charge is 2.12. The van der Waals surface area contributed by atoms with Crippen LogP contribution in [0.3, 0.4) is 0 Å². The predicted molar refractivity (Wildman–Crippen MR) is 68.9 cm³/mol. The van der Waals surface area contributed by atoms with Crippen LogP contribution in [0.25, 0.3) is 10.9 Å². The number of hydrogen-bond donors (Lipinski definition) is 0. The van der Waals surface area contributed by atoms with E-state index in [4.69, 9.17) is 5.10 Å². The summed E-state index contributed by atoms with van der Waals surface area (Å²) < 4.78 is 2.11. The number of hydrogen-bond acceptors (Lipinski definition) is 1. The average Bonchev–Trinajstić information content (AvgIpc) is 2.66. The maximum Gasteiger partial charge on any atom is 0.0728 e. The second-order valence-electron chi connectivity index (χ2n) is 4.56. The summed E-state index contributed by atoms with van der Waals surface area (Å²) in [5.41, 5.74) is 3.89. The van der Waals surface area contributed by atoms with Crippen molar-refractivity contribution >= 4 is 10.9 Å². The highest BCUT2D eigenvalue weighted by atomic mass is 15.3. The van der Waals surface area contributed by atoms with Crippen molar-refractivity contribution in [3.05, 3.63) is 29.5 Å². The minimum Gasteiger partial charge on any atom is -0.265 e. The molecule has 0 N–H and O–H groups in total. The molecule has 0 atom stereocenters. The predicted octanol–water partition coefficient (Wildman–Crippen LogP) is 3.74. The molecule has 0 amide bonds. The molecule has 0 bridgehead atoms. The van der Waals surface area contributed by atoms with E-state index in [1.807, 2.05) is 0 Å². The molecule has 0 unspecified atom stereocenters. The quantitative estimate of drug-likeness (QED) is 0.764. The van der Waals surface area contributed by atoms with E-state index in [1.54, 1.807) is 0 Å². The zero-order valence-electron chi connectivity index (χ0n) is 10.6. The van der Waals surface area contributed by atoms with Crippen LogP contribution in [0.15, 0.2) is 18.2 Å². The minimum absolute atomic E-state index is 0.489. The van der Waals surface area contributed by atoms with Gasteiger partial charge in [0, 0.05) is 11.9 Å². The van der Waals surface area contributed by atoms with Gasteiger partial charge in [-0.05, 0) is 30.9 Å². The van der Waals surface area contributed by atoms with Crippen LogP contribution in [0, 0.1) is 0 Å². The number of fused-ring (bicyclic) bond motifs is 1. The summed E-state index contributed by atoms with van der Waals surface area (Å²) in [7, 11) is 0. The molecule has 2 aromatic rings. The number of aromatic nitrogens is 2. The summed E-state index contributed by atoms with van der Waals surface area (Å²) >= 11 is 0. The van der Waals surface area contributed by atoms with Gasteiger partial charge in [-0.3, -0.25) is 4.68 Å². The minimum atomic E-state index is 0.489. The van der Waals surface area contributed by atoms with Gasteiger partial charge in [-0.15, -0.1) is 0 Å². The Bertz CT molecular complexity index is 495. The fourth-order valence-electron chi connectivity index (χ4n) is 2.13. The van der Waals surface area contributed by atoms with Gasteiger partial charge in [0.2, 0.25) is 0 Å². The third kappa shape index (κ3) is 1.73. The van der Waals surface area contributed by atoms with Gasteiger partial charge in [0.1, 0.15) is 0 Å². The third-order valence-electron chi connectivity index (χ3n) is 3.10. The lowest BCUT2D eigenvalue weighted by Gasteiger charge is -2.01. The van der Waals surface area contributed by atoms with Crippen LogP contribution in [0.4, 0.5) is 0 Å². The van der Waals surface area contributed by atoms with E-state index < -0.39 is 0 Å². The Kier molecular flexibility index (Phi) is 2.99. The second kappa shape index (κ2) is 4.28. The molecule has 16 heavy (non-hydrogen) atoms. The molecule has 0 saturated heterocycles. The average molecular weight is 216 g/mol. The Morgan fingerprint density at radius 3 is 2.56 bits per heavy atom. The van der Waals surface area contributed by atoms with Crippen LogP contribution in [-0.2, 0) is 13.0 Å². The van der Waals surface area contributed by atoms with Gasteiger partial charge in [0.25, 0.3) is 0 Å². The molecule has 0 aliphatic heterocycles. The first-order valence-electron chi connectivity index (χ1n) is 6.16. The molecule has 0 aliphatic rings. The van der Waals surface area contributed by atoms with Crippen LogP contribution in [0.1, 0.15) is 44.9 Å². The van der Waals surface area contributed by atoms with Crippen molar-refractivity contribution in [3.8, 4) is 0 Å². The summed E-state index contributed by atoms with van der Waals surface area (Å²) in [5.74, 6) is 0.489. The molecular formula is C14H20N2. The van der Waals surface area contributed by atoms with Gasteiger partial charge in [-0.25, -0.2) is 0 Å². The second-order valence-corrected chi connectivity index (χ2v) is 4.56. The summed E-state index contributed by atoms with van der Waals surface area (Å²) in [6.07, 6.45) is 1.09. The van der Waals surface area contributed by atoms with E-state index >= 15 is 0 Å². The normalized spacial score (nSPS) is 11.6. The SMILES string of the molecule is CCc1ccc2c(C(C)C)nn(CC)c2c1. The summed E-state index contributed by atoms with van der Waals surface area (Å²) in [6.45, 7) is 9.69. The Morgan fingerprint density at radius 1 is 1.25 bits per heavy atom. The van der Waals surface area contributed by atoms with Crippen molar-refractivity contribution in [1.29, 1.82) is 0 Å². The third-order valence-corrected chi connectivity index (χ3v) is 3.10. The Balaban J connectivity index is 2.69. The number of aryl methyl sites for hydroxylation is 2. The van der Waals surface area contributed by atoms with E-state index in [-0.39, 0.29) is 0 Å². The van der Waals surface area contributed by atoms with Crippen molar-refractivity contribution in [2.24, 2.45) is 0 Å². The standard InChI is InChI=1S/C14H20N2/c1-5-11-7-8-12-13(9-11)16(6-2)15-14(12)10(3)4/h7-10H,5-6H2,1-4H3. The van der Waals surface area contributed by atoms with Crippen molar-refractivity contribution in [2.75, 3.05) is 0 Å². The summed E-state index contributed by atoms with van der Waals surface area (Å²) in [5, 5.41) is 6.01. The molecule has 0 saturated carbocycles. The van der Waals surface area contributed by atoms with Gasteiger partial charge in [0.05, 0.1) is 11.2 Å². The molecule has 2 nitrogen and oxygen atoms in total. The lowest BCUT2D eigenvalue weighted by Crippen LogP contribution is -1.97. The maximum absolute atomic E-state index is 4.70. The zero-order chi connectivity index (χ0) is 11.7. The largest absolute Gasteiger partial charge is 0.265 e. The van der Waals surface area contributed by atoms with Gasteiger partial charge in [-0.2, -0.15) is 5.10 Å². The van der Waals surface area contributed by atoms with Gasteiger partial charge >= 0.3 is 0 Å². The van der Waals surface area contributed by atoms with E-state index in [9.17, 15) is 0 Å². The molecule has 0 spiro atoms. The van der Waals surface area contributed by atoms with Crippen LogP contribution in [-0.4, -0.2) is 9.78 Å². The summed E-state index contributed by atoms with van der Waals surface area (Å²) in [4.78, 5) is 0. The van der Waals surface area contributed by atoms with E-state index in [0.29, 0.717) is 5.92 Å². The number of rotatable bonds is 3. The molecule has 0 radical (unpaired) electrons. The first-order valence-corrected chi connectivity index (χ1v) is 6.16. The van der Waals surface area contributed by atoms with Gasteiger partial charge in [-0.1, -0.05) is 32.9 Å². The molecule has 0 aliphatic carbocycles. The molecule has 2 rings (SSSR count). The Labute approximate surface area is 97.3 Å². The highest BCUT2D eigenvalue weighted by Crippen LogP contribution is 2.25. The fourth-order valence-corrected chi connectivity index (χ4v) is 2.13. The Morgan fingerprint density at radius 2 is 2.00 bits per heavy atom. The topological polar surface area (TPSA) is 17.8 Å².